The van der Waals surface area contributed by atoms with Crippen LogP contribution in [0.4, 0.5) is 5.69 Å². The molecule has 1 aromatic rings. The van der Waals surface area contributed by atoms with Gasteiger partial charge in [-0.25, -0.2) is 0 Å². The molecule has 2 rings (SSSR count). The van der Waals surface area contributed by atoms with Gasteiger partial charge in [0.25, 0.3) is 5.69 Å². The molecule has 1 saturated carbocycles. The molecule has 1 aromatic carbocycles. The molecule has 6 nitrogen and oxygen atoms in total. The van der Waals surface area contributed by atoms with Crippen LogP contribution in [0.3, 0.4) is 0 Å². The van der Waals surface area contributed by atoms with Gasteiger partial charge in [0.05, 0.1) is 24.2 Å². The van der Waals surface area contributed by atoms with Gasteiger partial charge in [-0.05, 0) is 49.4 Å². The van der Waals surface area contributed by atoms with Gasteiger partial charge in [-0.2, -0.15) is 0 Å². The Kier molecular flexibility index (Phi) is 6.34. The summed E-state index contributed by atoms with van der Waals surface area (Å²) in [5.41, 5.74) is 0.231. The number of nitro benzene ring substituents is 1. The van der Waals surface area contributed by atoms with Crippen molar-refractivity contribution in [3.63, 3.8) is 0 Å². The Morgan fingerprint density at radius 1 is 1.27 bits per heavy atom. The number of hydrogen-bond donors (Lipinski definition) is 0. The normalized spacial score (nSPS) is 16.2. The molecule has 146 valence electrons. The minimum absolute atomic E-state index is 0.0112. The van der Waals surface area contributed by atoms with Crippen molar-refractivity contribution in [1.82, 2.24) is 0 Å². The monoisotopic (exact) mass is 381 g/mol. The van der Waals surface area contributed by atoms with Gasteiger partial charge in [0.15, 0.2) is 19.8 Å². The molecular formula is C19H31NO5Si. The van der Waals surface area contributed by atoms with E-state index in [2.05, 4.69) is 33.9 Å². The van der Waals surface area contributed by atoms with E-state index in [4.69, 9.17) is 13.9 Å². The van der Waals surface area contributed by atoms with Crippen LogP contribution in [0.5, 0.6) is 11.5 Å². The first-order valence-electron chi connectivity index (χ1n) is 9.14. The Morgan fingerprint density at radius 3 is 2.42 bits per heavy atom. The SMILES string of the molecule is COc1cc([N+](=O)[O-])ccc1OC[C@H](O[Si](C)(C)CC(C)(C)C)C1CC1. The van der Waals surface area contributed by atoms with E-state index in [1.807, 2.05) is 0 Å². The van der Waals surface area contributed by atoms with Crippen molar-refractivity contribution < 1.29 is 18.8 Å². The van der Waals surface area contributed by atoms with Crippen molar-refractivity contribution in [2.75, 3.05) is 13.7 Å². The summed E-state index contributed by atoms with van der Waals surface area (Å²) in [4.78, 5) is 10.5. The van der Waals surface area contributed by atoms with Crippen molar-refractivity contribution in [3.05, 3.63) is 28.3 Å². The van der Waals surface area contributed by atoms with E-state index < -0.39 is 13.2 Å². The Morgan fingerprint density at radius 2 is 1.92 bits per heavy atom. The molecule has 1 aliphatic rings. The highest BCUT2D eigenvalue weighted by Gasteiger charge is 2.39. The molecule has 0 amide bonds. The molecule has 0 radical (unpaired) electrons. The first-order chi connectivity index (χ1) is 12.0. The average molecular weight is 382 g/mol. The fourth-order valence-electron chi connectivity index (χ4n) is 3.52. The van der Waals surface area contributed by atoms with Gasteiger partial charge in [-0.1, -0.05) is 20.8 Å². The highest BCUT2D eigenvalue weighted by molar-refractivity contribution is 6.71. The molecule has 1 atom stereocenters. The Hall–Kier alpha value is -1.60. The number of methoxy groups -OCH3 is 1. The number of hydrogen-bond acceptors (Lipinski definition) is 5. The predicted octanol–water partition coefficient (Wildman–Crippen LogP) is 5.03. The molecule has 0 saturated heterocycles. The highest BCUT2D eigenvalue weighted by Crippen LogP contribution is 2.39. The van der Waals surface area contributed by atoms with E-state index in [1.54, 1.807) is 6.07 Å². The third kappa shape index (κ3) is 6.28. The van der Waals surface area contributed by atoms with Crippen LogP contribution in [0.15, 0.2) is 18.2 Å². The Bertz CT molecular complexity index is 637. The van der Waals surface area contributed by atoms with Gasteiger partial charge in [-0.15, -0.1) is 0 Å². The summed E-state index contributed by atoms with van der Waals surface area (Å²) < 4.78 is 17.8. The molecule has 0 aromatic heterocycles. The van der Waals surface area contributed by atoms with Crippen LogP contribution < -0.4 is 9.47 Å². The predicted molar refractivity (Wildman–Crippen MR) is 104 cm³/mol. The van der Waals surface area contributed by atoms with Gasteiger partial charge >= 0.3 is 0 Å². The van der Waals surface area contributed by atoms with Crippen molar-refractivity contribution >= 4 is 14.0 Å². The van der Waals surface area contributed by atoms with Gasteiger partial charge < -0.3 is 13.9 Å². The number of rotatable bonds is 9. The van der Waals surface area contributed by atoms with E-state index in [1.165, 1.54) is 32.1 Å². The fourth-order valence-corrected chi connectivity index (χ4v) is 7.24. The largest absolute Gasteiger partial charge is 0.493 e. The molecule has 0 N–H and O–H groups in total. The van der Waals surface area contributed by atoms with Crippen molar-refractivity contribution in [1.29, 1.82) is 0 Å². The zero-order chi connectivity index (χ0) is 19.5. The summed E-state index contributed by atoms with van der Waals surface area (Å²) in [6.45, 7) is 11.7. The van der Waals surface area contributed by atoms with E-state index >= 15 is 0 Å². The van der Waals surface area contributed by atoms with Crippen LogP contribution in [0.2, 0.25) is 19.1 Å². The molecule has 26 heavy (non-hydrogen) atoms. The zero-order valence-electron chi connectivity index (χ0n) is 16.7. The van der Waals surface area contributed by atoms with Crippen molar-refractivity contribution in [2.24, 2.45) is 11.3 Å². The van der Waals surface area contributed by atoms with Gasteiger partial charge in [0, 0.05) is 6.07 Å². The second-order valence-electron chi connectivity index (χ2n) is 8.89. The summed E-state index contributed by atoms with van der Waals surface area (Å²) in [6.07, 6.45) is 2.41. The second kappa shape index (κ2) is 7.96. The molecule has 0 spiro atoms. The molecule has 0 bridgehead atoms. The first kappa shape index (κ1) is 20.7. The summed E-state index contributed by atoms with van der Waals surface area (Å²) in [7, 11) is -0.323. The van der Waals surface area contributed by atoms with Crippen LogP contribution in [-0.4, -0.2) is 33.1 Å². The molecule has 0 aliphatic heterocycles. The zero-order valence-corrected chi connectivity index (χ0v) is 17.7. The Balaban J connectivity index is 2.04. The number of non-ortho nitro benzene ring substituents is 1. The highest BCUT2D eigenvalue weighted by atomic mass is 28.4. The van der Waals surface area contributed by atoms with E-state index in [0.717, 1.165) is 6.04 Å². The Labute approximate surface area is 157 Å². The second-order valence-corrected chi connectivity index (χ2v) is 13.0. The third-order valence-electron chi connectivity index (χ3n) is 4.34. The minimum Gasteiger partial charge on any atom is -0.493 e. The van der Waals surface area contributed by atoms with Crippen LogP contribution in [0, 0.1) is 21.4 Å². The smallest absolute Gasteiger partial charge is 0.273 e. The lowest BCUT2D eigenvalue weighted by Gasteiger charge is -2.34. The van der Waals surface area contributed by atoms with Crippen molar-refractivity contribution in [2.45, 2.75) is 58.9 Å². The first-order valence-corrected chi connectivity index (χ1v) is 12.3. The lowest BCUT2D eigenvalue weighted by atomic mass is 10.0. The third-order valence-corrected chi connectivity index (χ3v) is 7.19. The lowest BCUT2D eigenvalue weighted by Crippen LogP contribution is -2.41. The van der Waals surface area contributed by atoms with Crippen LogP contribution in [-0.2, 0) is 4.43 Å². The lowest BCUT2D eigenvalue weighted by molar-refractivity contribution is -0.385. The molecule has 1 fully saturated rings. The van der Waals surface area contributed by atoms with E-state index in [9.17, 15) is 10.1 Å². The summed E-state index contributed by atoms with van der Waals surface area (Å²) in [5.74, 6) is 1.44. The quantitative estimate of drug-likeness (QED) is 0.341. The standard InChI is InChI=1S/C19H31NO5Si/c1-19(2,3)13-26(5,6)25-18(14-7-8-14)12-24-16-10-9-15(20(21)22)11-17(16)23-4/h9-11,14,18H,7-8,12-13H2,1-6H3/t18-/m0/s1. The minimum atomic E-state index is -1.81. The van der Waals surface area contributed by atoms with Gasteiger partial charge in [0.1, 0.15) is 6.61 Å². The van der Waals surface area contributed by atoms with E-state index in [0.29, 0.717) is 24.0 Å². The van der Waals surface area contributed by atoms with Crippen LogP contribution >= 0.6 is 0 Å². The molecule has 0 heterocycles. The number of nitro groups is 1. The van der Waals surface area contributed by atoms with Gasteiger partial charge in [0.2, 0.25) is 0 Å². The fraction of sp³-hybridized carbons (Fsp3) is 0.684. The van der Waals surface area contributed by atoms with Crippen molar-refractivity contribution in [3.8, 4) is 11.5 Å². The maximum atomic E-state index is 10.9. The number of benzene rings is 1. The molecular weight excluding hydrogens is 350 g/mol. The van der Waals surface area contributed by atoms with E-state index in [-0.39, 0.29) is 17.2 Å². The topological polar surface area (TPSA) is 70.8 Å². The maximum Gasteiger partial charge on any atom is 0.273 e. The summed E-state index contributed by atoms with van der Waals surface area (Å²) >= 11 is 0. The van der Waals surface area contributed by atoms with Crippen LogP contribution in [0.1, 0.15) is 33.6 Å². The molecule has 0 unspecified atom stereocenters. The summed E-state index contributed by atoms with van der Waals surface area (Å²) in [6, 6.07) is 5.51. The van der Waals surface area contributed by atoms with Gasteiger partial charge in [-0.3, -0.25) is 10.1 Å². The maximum absolute atomic E-state index is 10.9. The number of ether oxygens (including phenoxy) is 2. The molecule has 7 heteroatoms. The summed E-state index contributed by atoms with van der Waals surface area (Å²) in [5, 5.41) is 10.9. The van der Waals surface area contributed by atoms with Crippen LogP contribution in [0.25, 0.3) is 0 Å². The number of nitrogens with zero attached hydrogens (tertiary/aromatic N) is 1. The average Bonchev–Trinajstić information content (AvgIpc) is 3.33. The molecule has 1 aliphatic carbocycles.